The van der Waals surface area contributed by atoms with Crippen molar-refractivity contribution in [1.82, 2.24) is 0 Å². The van der Waals surface area contributed by atoms with Crippen molar-refractivity contribution in [1.29, 1.82) is 0 Å². The molecule has 38 heavy (non-hydrogen) atoms. The van der Waals surface area contributed by atoms with E-state index in [4.69, 9.17) is 0 Å². The first-order valence-corrected chi connectivity index (χ1v) is 12.9. The predicted molar refractivity (Wildman–Crippen MR) is 155 cm³/mol. The monoisotopic (exact) mass is 487 g/mol. The average molecular weight is 488 g/mol. The number of hydrogen-bond donors (Lipinski definition) is 0. The summed E-state index contributed by atoms with van der Waals surface area (Å²) in [6, 6.07) is 45.9. The van der Waals surface area contributed by atoms with Gasteiger partial charge in [0.05, 0.1) is 0 Å². The van der Waals surface area contributed by atoms with E-state index in [1.165, 1.54) is 67.8 Å². The van der Waals surface area contributed by atoms with Gasteiger partial charge in [0.25, 0.3) is 0 Å². The van der Waals surface area contributed by atoms with Gasteiger partial charge in [0.2, 0.25) is 0 Å². The molecule has 0 aliphatic heterocycles. The fourth-order valence-electron chi connectivity index (χ4n) is 6.25. The van der Waals surface area contributed by atoms with E-state index in [-0.39, 0.29) is 5.82 Å². The third kappa shape index (κ3) is 2.98. The van der Waals surface area contributed by atoms with Crippen LogP contribution in [0.15, 0.2) is 133 Å². The van der Waals surface area contributed by atoms with Crippen LogP contribution in [-0.4, -0.2) is 0 Å². The molecule has 8 rings (SSSR count). The van der Waals surface area contributed by atoms with Crippen LogP contribution in [0.2, 0.25) is 0 Å². The molecule has 6 bridgehead atoms. The van der Waals surface area contributed by atoms with Crippen LogP contribution < -0.4 is 4.90 Å². The Kier molecular flexibility index (Phi) is 4.47. The fourth-order valence-corrected chi connectivity index (χ4v) is 6.25. The molecule has 0 fully saturated rings. The van der Waals surface area contributed by atoms with Crippen LogP contribution in [0.5, 0.6) is 0 Å². The van der Waals surface area contributed by atoms with E-state index >= 15 is 0 Å². The summed E-state index contributed by atoms with van der Waals surface area (Å²) < 4.78 is 13.9. The number of fused-ring (bicyclic) bond motifs is 4. The van der Waals surface area contributed by atoms with Crippen LogP contribution in [0.25, 0.3) is 55.6 Å². The van der Waals surface area contributed by atoms with E-state index in [2.05, 4.69) is 95.9 Å². The molecule has 0 amide bonds. The van der Waals surface area contributed by atoms with E-state index in [0.29, 0.717) is 0 Å². The second kappa shape index (κ2) is 8.03. The summed E-state index contributed by atoms with van der Waals surface area (Å²) in [5, 5.41) is 0. The van der Waals surface area contributed by atoms with E-state index in [1.807, 2.05) is 30.3 Å². The number of para-hydroxylation sites is 1. The average Bonchev–Trinajstić information content (AvgIpc) is 3.08. The molecule has 0 aromatic heterocycles. The first-order chi connectivity index (χ1) is 18.8. The molecular formula is C36H22FN. The highest BCUT2D eigenvalue weighted by Gasteiger charge is 2.31. The zero-order valence-corrected chi connectivity index (χ0v) is 20.5. The Balaban J connectivity index is 1.45. The highest BCUT2D eigenvalue weighted by Crippen LogP contribution is 2.57. The van der Waals surface area contributed by atoms with Gasteiger partial charge in [-0.2, -0.15) is 0 Å². The highest BCUT2D eigenvalue weighted by atomic mass is 19.1. The Morgan fingerprint density at radius 3 is 1.50 bits per heavy atom. The second-order valence-electron chi connectivity index (χ2n) is 9.88. The van der Waals surface area contributed by atoms with Gasteiger partial charge in [0, 0.05) is 17.1 Å². The molecule has 0 heterocycles. The Bertz CT molecular complexity index is 1850. The normalized spacial score (nSPS) is 11.8. The Morgan fingerprint density at radius 1 is 0.342 bits per heavy atom. The molecular weight excluding hydrogens is 465 g/mol. The van der Waals surface area contributed by atoms with Gasteiger partial charge in [-0.15, -0.1) is 0 Å². The summed E-state index contributed by atoms with van der Waals surface area (Å²) in [5.41, 5.74) is 15.6. The summed E-state index contributed by atoms with van der Waals surface area (Å²) in [6.45, 7) is 0. The molecule has 2 heteroatoms. The zero-order chi connectivity index (χ0) is 25.2. The SMILES string of the molecule is Fc1ccc(N(c2ccccc2)c2ccc3c(c2)-c2c4cccc2-c2cccc-3c2-c2ccccc2-4)cc1. The number of benzene rings is 6. The third-order valence-electron chi connectivity index (χ3n) is 7.83. The number of rotatable bonds is 3. The molecule has 0 N–H and O–H groups in total. The fraction of sp³-hybridized carbons (Fsp3) is 0. The van der Waals surface area contributed by atoms with Crippen LogP contribution in [0.4, 0.5) is 21.5 Å². The van der Waals surface area contributed by atoms with Crippen molar-refractivity contribution in [3.8, 4) is 55.6 Å². The van der Waals surface area contributed by atoms with E-state index in [1.54, 1.807) is 0 Å². The van der Waals surface area contributed by atoms with Gasteiger partial charge in [-0.3, -0.25) is 0 Å². The maximum Gasteiger partial charge on any atom is 0.123 e. The molecule has 0 unspecified atom stereocenters. The Hall–Kier alpha value is -4.95. The van der Waals surface area contributed by atoms with Gasteiger partial charge in [-0.05, 0) is 104 Å². The smallest absolute Gasteiger partial charge is 0.123 e. The maximum atomic E-state index is 13.9. The van der Waals surface area contributed by atoms with E-state index in [9.17, 15) is 4.39 Å². The van der Waals surface area contributed by atoms with Gasteiger partial charge in [0.1, 0.15) is 5.82 Å². The first kappa shape index (κ1) is 21.2. The van der Waals surface area contributed by atoms with Gasteiger partial charge >= 0.3 is 0 Å². The van der Waals surface area contributed by atoms with Crippen molar-refractivity contribution in [3.05, 3.63) is 139 Å². The number of nitrogens with zero attached hydrogens (tertiary/aromatic N) is 1. The lowest BCUT2D eigenvalue weighted by Crippen LogP contribution is -2.10. The summed E-state index contributed by atoms with van der Waals surface area (Å²) in [7, 11) is 0. The number of anilines is 3. The third-order valence-corrected chi connectivity index (χ3v) is 7.83. The lowest BCUT2D eigenvalue weighted by atomic mass is 9.83. The lowest BCUT2D eigenvalue weighted by molar-refractivity contribution is 0.628. The van der Waals surface area contributed by atoms with E-state index in [0.717, 1.165) is 17.1 Å². The van der Waals surface area contributed by atoms with Crippen LogP contribution in [0.1, 0.15) is 0 Å². The highest BCUT2D eigenvalue weighted by molar-refractivity contribution is 6.15. The molecule has 2 aliphatic rings. The van der Waals surface area contributed by atoms with Crippen molar-refractivity contribution < 1.29 is 4.39 Å². The number of hydrogen-bond acceptors (Lipinski definition) is 1. The minimum atomic E-state index is -0.241. The predicted octanol–water partition coefficient (Wildman–Crippen LogP) is 10.3. The largest absolute Gasteiger partial charge is 0.310 e. The Morgan fingerprint density at radius 2 is 0.816 bits per heavy atom. The van der Waals surface area contributed by atoms with Crippen LogP contribution in [0, 0.1) is 5.82 Å². The molecule has 6 aromatic rings. The topological polar surface area (TPSA) is 3.24 Å². The molecule has 0 atom stereocenters. The van der Waals surface area contributed by atoms with E-state index < -0.39 is 0 Å². The van der Waals surface area contributed by atoms with Crippen LogP contribution >= 0.6 is 0 Å². The van der Waals surface area contributed by atoms with Crippen molar-refractivity contribution in [3.63, 3.8) is 0 Å². The minimum Gasteiger partial charge on any atom is -0.310 e. The maximum absolute atomic E-state index is 13.9. The molecule has 2 aliphatic carbocycles. The molecule has 0 saturated carbocycles. The second-order valence-corrected chi connectivity index (χ2v) is 9.88. The summed E-state index contributed by atoms with van der Waals surface area (Å²) in [5.74, 6) is -0.241. The summed E-state index contributed by atoms with van der Waals surface area (Å²) in [6.07, 6.45) is 0. The lowest BCUT2D eigenvalue weighted by Gasteiger charge is -2.27. The molecule has 0 radical (unpaired) electrons. The van der Waals surface area contributed by atoms with Crippen molar-refractivity contribution in [2.45, 2.75) is 0 Å². The van der Waals surface area contributed by atoms with Crippen molar-refractivity contribution in [2.75, 3.05) is 4.90 Å². The van der Waals surface area contributed by atoms with Crippen LogP contribution in [0.3, 0.4) is 0 Å². The summed E-state index contributed by atoms with van der Waals surface area (Å²) >= 11 is 0. The Labute approximate surface area is 221 Å². The molecule has 0 saturated heterocycles. The zero-order valence-electron chi connectivity index (χ0n) is 20.5. The molecule has 1 nitrogen and oxygen atoms in total. The molecule has 6 aromatic carbocycles. The molecule has 178 valence electrons. The molecule has 0 spiro atoms. The standard InChI is InChI=1S/C36H22FN/c37-23-16-18-25(19-17-23)38(24-8-2-1-3-9-24)26-20-21-28-31-13-7-14-32-33-15-6-12-30(36(33)34(28)22-26)27-10-4-5-11-29(27)35(31)32/h1-22H. The number of halogens is 1. The van der Waals surface area contributed by atoms with Gasteiger partial charge < -0.3 is 4.90 Å². The van der Waals surface area contributed by atoms with Crippen molar-refractivity contribution >= 4 is 17.1 Å². The van der Waals surface area contributed by atoms with Crippen LogP contribution in [-0.2, 0) is 0 Å². The summed E-state index contributed by atoms with van der Waals surface area (Å²) in [4.78, 5) is 2.20. The quantitative estimate of drug-likeness (QED) is 0.240. The minimum absolute atomic E-state index is 0.241. The van der Waals surface area contributed by atoms with Gasteiger partial charge in [-0.25, -0.2) is 4.39 Å². The van der Waals surface area contributed by atoms with Gasteiger partial charge in [0.15, 0.2) is 0 Å². The van der Waals surface area contributed by atoms with Crippen molar-refractivity contribution in [2.24, 2.45) is 0 Å². The van der Waals surface area contributed by atoms with Gasteiger partial charge in [-0.1, -0.05) is 84.9 Å². The first-order valence-electron chi connectivity index (χ1n) is 12.9.